The van der Waals surface area contributed by atoms with Gasteiger partial charge in [0.15, 0.2) is 0 Å². The van der Waals surface area contributed by atoms with E-state index in [4.69, 9.17) is 0 Å². The number of benzene rings is 1. The first-order valence-corrected chi connectivity index (χ1v) is 6.44. The third-order valence-electron chi connectivity index (χ3n) is 2.97. The van der Waals surface area contributed by atoms with Crippen molar-refractivity contribution >= 4 is 11.5 Å². The standard InChI is InChI=1S/C15H20N4/c1-12(18-15-8-9-16-11-17-15)10-13-4-6-14(7-5-13)19(2)3/h4-9,11-12H,10H2,1-3H3,(H,16,17,18). The molecule has 1 unspecified atom stereocenters. The highest BCUT2D eigenvalue weighted by Crippen LogP contribution is 2.14. The summed E-state index contributed by atoms with van der Waals surface area (Å²) in [5.74, 6) is 0.868. The van der Waals surface area contributed by atoms with E-state index >= 15 is 0 Å². The maximum Gasteiger partial charge on any atom is 0.129 e. The van der Waals surface area contributed by atoms with Gasteiger partial charge >= 0.3 is 0 Å². The molecule has 0 aliphatic rings. The number of anilines is 2. The van der Waals surface area contributed by atoms with Gasteiger partial charge in [0.2, 0.25) is 0 Å². The van der Waals surface area contributed by atoms with Crippen LogP contribution in [0.3, 0.4) is 0 Å². The smallest absolute Gasteiger partial charge is 0.129 e. The van der Waals surface area contributed by atoms with E-state index in [-0.39, 0.29) is 0 Å². The van der Waals surface area contributed by atoms with Crippen molar-refractivity contribution in [1.29, 1.82) is 0 Å². The van der Waals surface area contributed by atoms with Crippen molar-refractivity contribution in [2.45, 2.75) is 19.4 Å². The molecule has 4 nitrogen and oxygen atoms in total. The number of aromatic nitrogens is 2. The van der Waals surface area contributed by atoms with Crippen LogP contribution in [0.15, 0.2) is 42.9 Å². The molecular formula is C15H20N4. The molecule has 2 aromatic rings. The van der Waals surface area contributed by atoms with Crippen LogP contribution in [0.4, 0.5) is 11.5 Å². The van der Waals surface area contributed by atoms with Crippen LogP contribution in [0.25, 0.3) is 0 Å². The van der Waals surface area contributed by atoms with Gasteiger partial charge in [0.1, 0.15) is 12.1 Å². The lowest BCUT2D eigenvalue weighted by Crippen LogP contribution is -2.18. The second kappa shape index (κ2) is 6.18. The minimum Gasteiger partial charge on any atom is -0.378 e. The molecule has 1 aromatic heterocycles. The molecule has 1 aromatic carbocycles. The Kier molecular flexibility index (Phi) is 4.34. The van der Waals surface area contributed by atoms with Crippen LogP contribution in [0.1, 0.15) is 12.5 Å². The van der Waals surface area contributed by atoms with Crippen LogP contribution in [-0.4, -0.2) is 30.1 Å². The number of rotatable bonds is 5. The van der Waals surface area contributed by atoms with Crippen LogP contribution in [0, 0.1) is 0 Å². The summed E-state index contributed by atoms with van der Waals surface area (Å²) in [4.78, 5) is 10.2. The largest absolute Gasteiger partial charge is 0.378 e. The van der Waals surface area contributed by atoms with Gasteiger partial charge in [-0.2, -0.15) is 0 Å². The second-order valence-electron chi connectivity index (χ2n) is 4.91. The predicted molar refractivity (Wildman–Crippen MR) is 79.6 cm³/mol. The molecule has 0 amide bonds. The van der Waals surface area contributed by atoms with Gasteiger partial charge in [-0.1, -0.05) is 12.1 Å². The van der Waals surface area contributed by atoms with E-state index in [1.165, 1.54) is 11.3 Å². The highest BCUT2D eigenvalue weighted by atomic mass is 15.1. The van der Waals surface area contributed by atoms with Crippen LogP contribution in [0.2, 0.25) is 0 Å². The Morgan fingerprint density at radius 1 is 1.16 bits per heavy atom. The second-order valence-corrected chi connectivity index (χ2v) is 4.91. The zero-order valence-electron chi connectivity index (χ0n) is 11.7. The first kappa shape index (κ1) is 13.3. The van der Waals surface area contributed by atoms with E-state index in [0.717, 1.165) is 12.2 Å². The van der Waals surface area contributed by atoms with Gasteiger partial charge < -0.3 is 10.2 Å². The highest BCUT2D eigenvalue weighted by Gasteiger charge is 2.04. The van der Waals surface area contributed by atoms with Crippen molar-refractivity contribution in [3.63, 3.8) is 0 Å². The lowest BCUT2D eigenvalue weighted by atomic mass is 10.1. The van der Waals surface area contributed by atoms with Gasteiger partial charge in [-0.25, -0.2) is 9.97 Å². The minimum atomic E-state index is 0.333. The van der Waals surface area contributed by atoms with Gasteiger partial charge in [0.05, 0.1) is 0 Å². The molecular weight excluding hydrogens is 236 g/mol. The molecule has 0 fully saturated rings. The SMILES string of the molecule is CC(Cc1ccc(N(C)C)cc1)Nc1ccncn1. The van der Waals surface area contributed by atoms with Gasteiger partial charge in [0, 0.05) is 32.0 Å². The molecule has 100 valence electrons. The average molecular weight is 256 g/mol. The maximum atomic E-state index is 4.17. The third kappa shape index (κ3) is 3.95. The highest BCUT2D eigenvalue weighted by molar-refractivity contribution is 5.46. The number of nitrogens with zero attached hydrogens (tertiary/aromatic N) is 3. The Morgan fingerprint density at radius 3 is 2.47 bits per heavy atom. The monoisotopic (exact) mass is 256 g/mol. The van der Waals surface area contributed by atoms with Crippen molar-refractivity contribution in [3.05, 3.63) is 48.4 Å². The fraction of sp³-hybridized carbons (Fsp3) is 0.333. The summed E-state index contributed by atoms with van der Waals surface area (Å²) in [6.07, 6.45) is 4.27. The molecule has 0 aliphatic heterocycles. The minimum absolute atomic E-state index is 0.333. The van der Waals surface area contributed by atoms with Crippen LogP contribution in [-0.2, 0) is 6.42 Å². The summed E-state index contributed by atoms with van der Waals surface area (Å²) in [7, 11) is 4.10. The predicted octanol–water partition coefficient (Wildman–Crippen LogP) is 2.59. The van der Waals surface area contributed by atoms with Gasteiger partial charge in [-0.3, -0.25) is 0 Å². The molecule has 1 N–H and O–H groups in total. The summed E-state index contributed by atoms with van der Waals surface area (Å²) >= 11 is 0. The van der Waals surface area contributed by atoms with E-state index < -0.39 is 0 Å². The lowest BCUT2D eigenvalue weighted by Gasteiger charge is -2.16. The topological polar surface area (TPSA) is 41.0 Å². The lowest BCUT2D eigenvalue weighted by molar-refractivity contribution is 0.783. The van der Waals surface area contributed by atoms with E-state index in [1.807, 2.05) is 20.2 Å². The first-order valence-electron chi connectivity index (χ1n) is 6.44. The molecule has 0 radical (unpaired) electrons. The fourth-order valence-electron chi connectivity index (χ4n) is 1.96. The van der Waals surface area contributed by atoms with Gasteiger partial charge in [-0.05, 0) is 37.1 Å². The summed E-state index contributed by atoms with van der Waals surface area (Å²) in [6, 6.07) is 10.9. The Morgan fingerprint density at radius 2 is 1.89 bits per heavy atom. The van der Waals surface area contributed by atoms with E-state index in [9.17, 15) is 0 Å². The van der Waals surface area contributed by atoms with Crippen LogP contribution >= 0.6 is 0 Å². The Balaban J connectivity index is 1.93. The van der Waals surface area contributed by atoms with Crippen LogP contribution < -0.4 is 10.2 Å². The van der Waals surface area contributed by atoms with Crippen LogP contribution in [0.5, 0.6) is 0 Å². The van der Waals surface area contributed by atoms with E-state index in [0.29, 0.717) is 6.04 Å². The maximum absolute atomic E-state index is 4.17. The summed E-state index contributed by atoms with van der Waals surface area (Å²) in [5, 5.41) is 3.37. The number of nitrogens with one attached hydrogen (secondary N) is 1. The Hall–Kier alpha value is -2.10. The zero-order chi connectivity index (χ0) is 13.7. The normalized spacial score (nSPS) is 11.9. The van der Waals surface area contributed by atoms with Gasteiger partial charge in [0.25, 0.3) is 0 Å². The molecule has 4 heteroatoms. The van der Waals surface area contributed by atoms with Crippen molar-refractivity contribution in [2.24, 2.45) is 0 Å². The molecule has 0 saturated carbocycles. The molecule has 1 atom stereocenters. The summed E-state index contributed by atoms with van der Waals surface area (Å²) in [5.41, 5.74) is 2.54. The van der Waals surface area contributed by atoms with Crippen molar-refractivity contribution in [2.75, 3.05) is 24.3 Å². The Bertz CT molecular complexity index is 493. The summed E-state index contributed by atoms with van der Waals surface area (Å²) < 4.78 is 0. The third-order valence-corrected chi connectivity index (χ3v) is 2.97. The van der Waals surface area contributed by atoms with E-state index in [1.54, 1.807) is 12.5 Å². The fourth-order valence-corrected chi connectivity index (χ4v) is 1.96. The Labute approximate surface area is 114 Å². The molecule has 19 heavy (non-hydrogen) atoms. The van der Waals surface area contributed by atoms with Crippen molar-refractivity contribution in [1.82, 2.24) is 9.97 Å². The number of hydrogen-bond donors (Lipinski definition) is 1. The zero-order valence-corrected chi connectivity index (χ0v) is 11.7. The molecule has 0 bridgehead atoms. The molecule has 0 aliphatic carbocycles. The molecule has 0 spiro atoms. The van der Waals surface area contributed by atoms with E-state index in [2.05, 4.69) is 51.4 Å². The molecule has 1 heterocycles. The first-order chi connectivity index (χ1) is 9.15. The quantitative estimate of drug-likeness (QED) is 0.892. The number of hydrogen-bond acceptors (Lipinski definition) is 4. The van der Waals surface area contributed by atoms with Crippen molar-refractivity contribution in [3.8, 4) is 0 Å². The van der Waals surface area contributed by atoms with Crippen molar-refractivity contribution < 1.29 is 0 Å². The summed E-state index contributed by atoms with van der Waals surface area (Å²) in [6.45, 7) is 2.15. The molecule has 2 rings (SSSR count). The molecule has 0 saturated heterocycles. The van der Waals surface area contributed by atoms with Gasteiger partial charge in [-0.15, -0.1) is 0 Å². The average Bonchev–Trinajstić information content (AvgIpc) is 2.40.